The monoisotopic (exact) mass is 446 g/mol. The fourth-order valence-electron chi connectivity index (χ4n) is 2.49. The molecule has 0 radical (unpaired) electrons. The molecule has 2 heterocycles. The second-order valence-electron chi connectivity index (χ2n) is 6.04. The first kappa shape index (κ1) is 19.7. The van der Waals surface area contributed by atoms with Crippen molar-refractivity contribution in [2.75, 3.05) is 13.1 Å². The number of carbonyl (C=O) groups excluding carboxylic acids is 2. The van der Waals surface area contributed by atoms with Gasteiger partial charge in [0, 0.05) is 18.7 Å². The molecule has 2 amide bonds. The highest BCUT2D eigenvalue weighted by atomic mass is 79.9. The van der Waals surface area contributed by atoms with E-state index in [1.165, 1.54) is 0 Å². The van der Waals surface area contributed by atoms with Crippen LogP contribution in [0.1, 0.15) is 22.1 Å². The molecule has 0 atom stereocenters. The first-order valence-electron chi connectivity index (χ1n) is 8.59. The number of rotatable bonds is 7. The van der Waals surface area contributed by atoms with E-state index in [-0.39, 0.29) is 31.4 Å². The van der Waals surface area contributed by atoms with Crippen LogP contribution in [0.2, 0.25) is 0 Å². The number of aromatic nitrogens is 4. The van der Waals surface area contributed by atoms with E-state index in [1.807, 2.05) is 44.2 Å². The lowest BCUT2D eigenvalue weighted by atomic mass is 10.2. The van der Waals surface area contributed by atoms with Gasteiger partial charge in [0.05, 0.1) is 15.9 Å². The topological polar surface area (TPSA) is 115 Å². The van der Waals surface area contributed by atoms with Gasteiger partial charge in [-0.25, -0.2) is 0 Å². The van der Waals surface area contributed by atoms with Crippen molar-refractivity contribution in [1.82, 2.24) is 30.6 Å². The van der Waals surface area contributed by atoms with Gasteiger partial charge < -0.3 is 15.2 Å². The first-order chi connectivity index (χ1) is 13.5. The van der Waals surface area contributed by atoms with Gasteiger partial charge >= 0.3 is 11.8 Å². The van der Waals surface area contributed by atoms with Crippen molar-refractivity contribution in [3.05, 3.63) is 52.1 Å². The van der Waals surface area contributed by atoms with Gasteiger partial charge in [0.1, 0.15) is 6.54 Å². The minimum Gasteiger partial charge on any atom is -0.353 e. The molecule has 0 unspecified atom stereocenters. The third-order valence-electron chi connectivity index (χ3n) is 3.97. The summed E-state index contributed by atoms with van der Waals surface area (Å²) in [5.41, 5.74) is 2.46. The highest BCUT2D eigenvalue weighted by molar-refractivity contribution is 9.10. The second kappa shape index (κ2) is 8.79. The summed E-state index contributed by atoms with van der Waals surface area (Å²) in [5.74, 6) is -0.476. The van der Waals surface area contributed by atoms with Crippen LogP contribution >= 0.6 is 15.9 Å². The molecule has 1 aromatic carbocycles. The molecule has 3 aromatic rings. The lowest BCUT2D eigenvalue weighted by Gasteiger charge is -2.07. The lowest BCUT2D eigenvalue weighted by Crippen LogP contribution is -2.36. The van der Waals surface area contributed by atoms with Crippen LogP contribution in [0.4, 0.5) is 0 Å². The zero-order valence-electron chi connectivity index (χ0n) is 15.4. The van der Waals surface area contributed by atoms with Crippen molar-refractivity contribution in [2.24, 2.45) is 0 Å². The minimum absolute atomic E-state index is 0.107. The summed E-state index contributed by atoms with van der Waals surface area (Å²) in [4.78, 5) is 28.2. The van der Waals surface area contributed by atoms with E-state index in [4.69, 9.17) is 4.52 Å². The van der Waals surface area contributed by atoms with Crippen LogP contribution in [0.5, 0.6) is 0 Å². The Balaban J connectivity index is 1.44. The third-order valence-corrected chi connectivity index (χ3v) is 5.12. The number of nitrogens with one attached hydrogen (secondary N) is 2. The maximum Gasteiger partial charge on any atom is 0.316 e. The van der Waals surface area contributed by atoms with Crippen LogP contribution < -0.4 is 10.6 Å². The molecule has 0 spiro atoms. The molecule has 0 saturated heterocycles. The Hall–Kier alpha value is -3.01. The quantitative estimate of drug-likeness (QED) is 0.535. The van der Waals surface area contributed by atoms with Gasteiger partial charge in [0.25, 0.3) is 0 Å². The second-order valence-corrected chi connectivity index (χ2v) is 6.83. The van der Waals surface area contributed by atoms with Gasteiger partial charge in [0.15, 0.2) is 0 Å². The fourth-order valence-corrected chi connectivity index (χ4v) is 2.78. The molecule has 2 N–H and O–H groups in total. The van der Waals surface area contributed by atoms with Crippen LogP contribution in [-0.4, -0.2) is 44.8 Å². The number of benzene rings is 1. The van der Waals surface area contributed by atoms with Crippen LogP contribution in [0.25, 0.3) is 11.4 Å². The van der Waals surface area contributed by atoms with E-state index >= 15 is 0 Å². The highest BCUT2D eigenvalue weighted by Gasteiger charge is 2.16. The molecule has 0 fully saturated rings. The smallest absolute Gasteiger partial charge is 0.316 e. The van der Waals surface area contributed by atoms with E-state index in [9.17, 15) is 9.59 Å². The van der Waals surface area contributed by atoms with Crippen molar-refractivity contribution in [3.8, 4) is 11.4 Å². The maximum absolute atomic E-state index is 12.1. The van der Waals surface area contributed by atoms with Crippen molar-refractivity contribution >= 4 is 27.7 Å². The summed E-state index contributed by atoms with van der Waals surface area (Å²) in [6, 6.07) is 9.21. The van der Waals surface area contributed by atoms with Crippen molar-refractivity contribution < 1.29 is 14.1 Å². The lowest BCUT2D eigenvalue weighted by molar-refractivity contribution is -0.121. The standard InChI is InChI=1S/C18H19BrN6O3/c1-11-15(19)12(2)25(23-11)10-14(26)20-8-9-21-17(27)18-22-16(24-28-18)13-6-4-3-5-7-13/h3-7H,8-10H2,1-2H3,(H,20,26)(H,21,27). The molecule has 2 aromatic heterocycles. The maximum atomic E-state index is 12.1. The molecule has 10 heteroatoms. The minimum atomic E-state index is -0.494. The van der Waals surface area contributed by atoms with Gasteiger partial charge in [-0.3, -0.25) is 14.3 Å². The summed E-state index contributed by atoms with van der Waals surface area (Å²) in [5, 5.41) is 13.4. The zero-order valence-corrected chi connectivity index (χ0v) is 17.0. The van der Waals surface area contributed by atoms with E-state index < -0.39 is 5.91 Å². The number of aryl methyl sites for hydroxylation is 1. The number of carbonyl (C=O) groups is 2. The summed E-state index contributed by atoms with van der Waals surface area (Å²) in [6.07, 6.45) is 0. The molecule has 3 rings (SSSR count). The average Bonchev–Trinajstić information content (AvgIpc) is 3.28. The normalized spacial score (nSPS) is 10.7. The van der Waals surface area contributed by atoms with E-state index in [2.05, 4.69) is 41.8 Å². The molecule has 146 valence electrons. The van der Waals surface area contributed by atoms with E-state index in [1.54, 1.807) is 4.68 Å². The number of amides is 2. The van der Waals surface area contributed by atoms with Crippen molar-refractivity contribution in [2.45, 2.75) is 20.4 Å². The molecular formula is C18H19BrN6O3. The number of hydrogen-bond acceptors (Lipinski definition) is 6. The van der Waals surface area contributed by atoms with Crippen molar-refractivity contribution in [3.63, 3.8) is 0 Å². The predicted octanol–water partition coefficient (Wildman–Crippen LogP) is 1.86. The molecule has 9 nitrogen and oxygen atoms in total. The molecule has 0 aliphatic carbocycles. The summed E-state index contributed by atoms with van der Waals surface area (Å²) in [7, 11) is 0. The number of nitrogens with zero attached hydrogens (tertiary/aromatic N) is 4. The SMILES string of the molecule is Cc1nn(CC(=O)NCCNC(=O)c2nc(-c3ccccc3)no2)c(C)c1Br. The zero-order chi connectivity index (χ0) is 20.1. The Morgan fingerprint density at radius 3 is 2.54 bits per heavy atom. The van der Waals surface area contributed by atoms with Crippen LogP contribution in [0, 0.1) is 13.8 Å². The van der Waals surface area contributed by atoms with Gasteiger partial charge in [-0.2, -0.15) is 10.1 Å². The number of hydrogen-bond donors (Lipinski definition) is 2. The van der Waals surface area contributed by atoms with Crippen LogP contribution in [0.3, 0.4) is 0 Å². The van der Waals surface area contributed by atoms with Gasteiger partial charge in [-0.1, -0.05) is 35.5 Å². The number of halogens is 1. The molecule has 0 aliphatic rings. The molecule has 0 aliphatic heterocycles. The average molecular weight is 447 g/mol. The highest BCUT2D eigenvalue weighted by Crippen LogP contribution is 2.19. The van der Waals surface area contributed by atoms with Gasteiger partial charge in [-0.15, -0.1) is 0 Å². The van der Waals surface area contributed by atoms with Gasteiger partial charge in [0.2, 0.25) is 11.7 Å². The first-order valence-corrected chi connectivity index (χ1v) is 9.38. The van der Waals surface area contributed by atoms with Crippen LogP contribution in [0.15, 0.2) is 39.3 Å². The predicted molar refractivity (Wildman–Crippen MR) is 104 cm³/mol. The molecule has 0 saturated carbocycles. The van der Waals surface area contributed by atoms with E-state index in [0.29, 0.717) is 5.82 Å². The summed E-state index contributed by atoms with van der Waals surface area (Å²) < 4.78 is 7.50. The molecule has 28 heavy (non-hydrogen) atoms. The molecular weight excluding hydrogens is 428 g/mol. The van der Waals surface area contributed by atoms with Gasteiger partial charge in [-0.05, 0) is 29.8 Å². The molecule has 0 bridgehead atoms. The van der Waals surface area contributed by atoms with E-state index in [0.717, 1.165) is 21.4 Å². The van der Waals surface area contributed by atoms with Crippen molar-refractivity contribution in [1.29, 1.82) is 0 Å². The Bertz CT molecular complexity index is 983. The Labute approximate surface area is 169 Å². The fraction of sp³-hybridized carbons (Fsp3) is 0.278. The summed E-state index contributed by atoms with van der Waals surface area (Å²) >= 11 is 3.43. The summed E-state index contributed by atoms with van der Waals surface area (Å²) in [6.45, 7) is 4.35. The Morgan fingerprint density at radius 1 is 1.14 bits per heavy atom. The largest absolute Gasteiger partial charge is 0.353 e. The Morgan fingerprint density at radius 2 is 1.86 bits per heavy atom. The Kier molecular flexibility index (Phi) is 6.19. The third kappa shape index (κ3) is 4.63. The van der Waals surface area contributed by atoms with Crippen LogP contribution in [-0.2, 0) is 11.3 Å².